The number of nitrogens with zero attached hydrogens (tertiary/aromatic N) is 1. The first-order chi connectivity index (χ1) is 11.2. The fourth-order valence-electron chi connectivity index (χ4n) is 2.97. The zero-order valence-electron chi connectivity index (χ0n) is 13.0. The van der Waals surface area contributed by atoms with Gasteiger partial charge in [0.15, 0.2) is 0 Å². The highest BCUT2D eigenvalue weighted by molar-refractivity contribution is 7.16. The van der Waals surface area contributed by atoms with Crippen LogP contribution in [0.3, 0.4) is 0 Å². The lowest BCUT2D eigenvalue weighted by Crippen LogP contribution is -2.45. The van der Waals surface area contributed by atoms with Crippen LogP contribution in [0.2, 0.25) is 9.36 Å². The van der Waals surface area contributed by atoms with Gasteiger partial charge < -0.3 is 10.1 Å². The molecule has 0 radical (unpaired) electrons. The molecule has 0 spiro atoms. The van der Waals surface area contributed by atoms with E-state index in [1.165, 1.54) is 4.88 Å². The molecular weight excluding hydrogens is 351 g/mol. The Morgan fingerprint density at radius 2 is 2.00 bits per heavy atom. The second kappa shape index (κ2) is 7.86. The fourth-order valence-corrected chi connectivity index (χ4v) is 4.36. The number of hydrogen-bond acceptors (Lipinski definition) is 4. The Morgan fingerprint density at radius 1 is 1.22 bits per heavy atom. The molecule has 1 aromatic carbocycles. The molecular formula is C17H20Cl2N2OS. The lowest BCUT2D eigenvalue weighted by Gasteiger charge is -2.35. The van der Waals surface area contributed by atoms with E-state index >= 15 is 0 Å². The first kappa shape index (κ1) is 17.1. The van der Waals surface area contributed by atoms with Crippen molar-refractivity contribution in [1.82, 2.24) is 10.2 Å². The summed E-state index contributed by atoms with van der Waals surface area (Å²) in [7, 11) is 0. The maximum absolute atomic E-state index is 6.28. The Hall–Kier alpha value is -0.780. The highest BCUT2D eigenvalue weighted by Gasteiger charge is 2.28. The Labute approximate surface area is 151 Å². The Kier molecular flexibility index (Phi) is 5.83. The smallest absolute Gasteiger partial charge is 0.124 e. The summed E-state index contributed by atoms with van der Waals surface area (Å²) in [6, 6.07) is 10.1. The highest BCUT2D eigenvalue weighted by atomic mass is 35.5. The summed E-state index contributed by atoms with van der Waals surface area (Å²) in [5.74, 6) is 0.893. The topological polar surface area (TPSA) is 24.5 Å². The molecule has 124 valence electrons. The lowest BCUT2D eigenvalue weighted by atomic mass is 10.0. The zero-order chi connectivity index (χ0) is 16.2. The molecule has 23 heavy (non-hydrogen) atoms. The van der Waals surface area contributed by atoms with Gasteiger partial charge in [0.25, 0.3) is 0 Å². The van der Waals surface area contributed by atoms with Gasteiger partial charge in [0.2, 0.25) is 0 Å². The van der Waals surface area contributed by atoms with Gasteiger partial charge in [-0.3, -0.25) is 4.90 Å². The zero-order valence-corrected chi connectivity index (χ0v) is 15.3. The number of hydrogen-bond donors (Lipinski definition) is 1. The summed E-state index contributed by atoms with van der Waals surface area (Å²) in [5.41, 5.74) is 1.11. The minimum Gasteiger partial charge on any atom is -0.494 e. The van der Waals surface area contributed by atoms with Crippen LogP contribution in [0.4, 0.5) is 0 Å². The number of nitrogens with one attached hydrogen (secondary N) is 1. The molecule has 2 heterocycles. The monoisotopic (exact) mass is 370 g/mol. The van der Waals surface area contributed by atoms with Crippen LogP contribution in [0.15, 0.2) is 30.3 Å². The van der Waals surface area contributed by atoms with Gasteiger partial charge in [-0.15, -0.1) is 11.3 Å². The summed E-state index contributed by atoms with van der Waals surface area (Å²) in [6.07, 6.45) is 0. The van der Waals surface area contributed by atoms with Crippen LogP contribution in [0.5, 0.6) is 5.75 Å². The minimum atomic E-state index is 0.120. The molecule has 1 saturated heterocycles. The molecule has 6 heteroatoms. The molecule has 1 aromatic heterocycles. The van der Waals surface area contributed by atoms with Crippen molar-refractivity contribution in [3.8, 4) is 5.75 Å². The number of halogens is 2. The van der Waals surface area contributed by atoms with E-state index in [0.29, 0.717) is 6.61 Å². The Morgan fingerprint density at radius 3 is 2.65 bits per heavy atom. The highest BCUT2D eigenvalue weighted by Crippen LogP contribution is 2.40. The van der Waals surface area contributed by atoms with E-state index < -0.39 is 0 Å². The minimum absolute atomic E-state index is 0.120. The molecule has 3 nitrogen and oxygen atoms in total. The van der Waals surface area contributed by atoms with Crippen LogP contribution in [0.25, 0.3) is 0 Å². The van der Waals surface area contributed by atoms with Crippen LogP contribution in [0.1, 0.15) is 23.4 Å². The van der Waals surface area contributed by atoms with E-state index in [4.69, 9.17) is 27.9 Å². The van der Waals surface area contributed by atoms with Gasteiger partial charge in [-0.25, -0.2) is 0 Å². The van der Waals surface area contributed by atoms with Crippen molar-refractivity contribution in [1.29, 1.82) is 0 Å². The summed E-state index contributed by atoms with van der Waals surface area (Å²) < 4.78 is 6.67. The summed E-state index contributed by atoms with van der Waals surface area (Å²) in [4.78, 5) is 3.69. The van der Waals surface area contributed by atoms with Crippen LogP contribution in [-0.4, -0.2) is 37.7 Å². The molecule has 2 aromatic rings. The Balaban J connectivity index is 2.05. The largest absolute Gasteiger partial charge is 0.494 e. The van der Waals surface area contributed by atoms with Gasteiger partial charge in [-0.2, -0.15) is 0 Å². The van der Waals surface area contributed by atoms with Crippen molar-refractivity contribution in [2.24, 2.45) is 0 Å². The summed E-state index contributed by atoms with van der Waals surface area (Å²) >= 11 is 14.1. The quantitative estimate of drug-likeness (QED) is 0.841. The second-order valence-electron chi connectivity index (χ2n) is 5.45. The molecule has 1 unspecified atom stereocenters. The standard InChI is InChI=1S/C17H20Cl2N2OS/c1-2-22-14-4-3-12(18)11-13(14)17(15-5-6-16(19)23-15)21-9-7-20-8-10-21/h3-6,11,17,20H,2,7-10H2,1H3. The third-order valence-corrected chi connectivity index (χ3v) is 5.47. The lowest BCUT2D eigenvalue weighted by molar-refractivity contribution is 0.196. The van der Waals surface area contributed by atoms with Crippen molar-refractivity contribution >= 4 is 34.5 Å². The molecule has 1 N–H and O–H groups in total. The molecule has 1 aliphatic heterocycles. The fraction of sp³-hybridized carbons (Fsp3) is 0.412. The number of ether oxygens (including phenoxy) is 1. The SMILES string of the molecule is CCOc1ccc(Cl)cc1C(c1ccc(Cl)s1)N1CCNCC1. The first-order valence-electron chi connectivity index (χ1n) is 7.81. The number of thiophene rings is 1. The Bertz CT molecular complexity index is 656. The first-order valence-corrected chi connectivity index (χ1v) is 9.38. The van der Waals surface area contributed by atoms with E-state index in [-0.39, 0.29) is 6.04 Å². The number of benzene rings is 1. The van der Waals surface area contributed by atoms with E-state index in [0.717, 1.165) is 46.9 Å². The maximum atomic E-state index is 6.28. The molecule has 0 saturated carbocycles. The average Bonchev–Trinajstić information content (AvgIpc) is 2.97. The van der Waals surface area contributed by atoms with Crippen LogP contribution in [-0.2, 0) is 0 Å². The predicted octanol–water partition coefficient (Wildman–Crippen LogP) is 4.45. The summed E-state index contributed by atoms with van der Waals surface area (Å²) in [6.45, 7) is 6.57. The van der Waals surface area contributed by atoms with Crippen LogP contribution < -0.4 is 10.1 Å². The third kappa shape index (κ3) is 4.01. The normalized spacial score (nSPS) is 17.2. The van der Waals surface area contributed by atoms with E-state index in [2.05, 4.69) is 16.3 Å². The maximum Gasteiger partial charge on any atom is 0.124 e. The van der Waals surface area contributed by atoms with E-state index in [1.807, 2.05) is 31.2 Å². The van der Waals surface area contributed by atoms with Crippen molar-refractivity contribution in [2.75, 3.05) is 32.8 Å². The van der Waals surface area contributed by atoms with Crippen LogP contribution >= 0.6 is 34.5 Å². The third-order valence-electron chi connectivity index (χ3n) is 3.95. The molecule has 0 amide bonds. The van der Waals surface area contributed by atoms with Gasteiger partial charge >= 0.3 is 0 Å². The van der Waals surface area contributed by atoms with Crippen molar-refractivity contribution < 1.29 is 4.74 Å². The molecule has 1 atom stereocenters. The van der Waals surface area contributed by atoms with Crippen molar-refractivity contribution in [3.05, 3.63) is 50.1 Å². The van der Waals surface area contributed by atoms with Gasteiger partial charge in [0.1, 0.15) is 5.75 Å². The number of piperazine rings is 1. The average molecular weight is 371 g/mol. The van der Waals surface area contributed by atoms with Crippen molar-refractivity contribution in [3.63, 3.8) is 0 Å². The van der Waals surface area contributed by atoms with Crippen molar-refractivity contribution in [2.45, 2.75) is 13.0 Å². The van der Waals surface area contributed by atoms with Gasteiger partial charge in [0.05, 0.1) is 17.0 Å². The molecule has 1 aliphatic rings. The predicted molar refractivity (Wildman–Crippen MR) is 98.2 cm³/mol. The molecule has 3 rings (SSSR count). The second-order valence-corrected chi connectivity index (χ2v) is 7.63. The van der Waals surface area contributed by atoms with Gasteiger partial charge in [-0.05, 0) is 37.3 Å². The molecule has 1 fully saturated rings. The van der Waals surface area contributed by atoms with Gasteiger partial charge in [-0.1, -0.05) is 23.2 Å². The van der Waals surface area contributed by atoms with Gasteiger partial charge in [0, 0.05) is 41.6 Å². The van der Waals surface area contributed by atoms with Crippen LogP contribution in [0, 0.1) is 0 Å². The number of rotatable bonds is 5. The van der Waals surface area contributed by atoms with E-state index in [9.17, 15) is 0 Å². The van der Waals surface area contributed by atoms with E-state index in [1.54, 1.807) is 11.3 Å². The molecule has 0 aliphatic carbocycles. The summed E-state index contributed by atoms with van der Waals surface area (Å²) in [5, 5.41) is 4.14. The molecule has 0 bridgehead atoms.